The molecule has 1 aromatic carbocycles. The van der Waals surface area contributed by atoms with E-state index in [1.807, 2.05) is 18.6 Å². The molecule has 1 unspecified atom stereocenters. The Morgan fingerprint density at radius 3 is 2.47 bits per heavy atom. The van der Waals surface area contributed by atoms with Crippen LogP contribution in [-0.4, -0.2) is 40.3 Å². The quantitative estimate of drug-likeness (QED) is 0.248. The van der Waals surface area contributed by atoms with Crippen molar-refractivity contribution < 1.29 is 14.6 Å². The van der Waals surface area contributed by atoms with E-state index < -0.39 is 5.97 Å². The molecule has 3 rings (SSSR count). The lowest BCUT2D eigenvalue weighted by atomic mass is 9.97. The van der Waals surface area contributed by atoms with Gasteiger partial charge in [-0.15, -0.1) is 0 Å². The highest BCUT2D eigenvalue weighted by atomic mass is 16.5. The molecule has 6 nitrogen and oxygen atoms in total. The van der Waals surface area contributed by atoms with Gasteiger partial charge in [0, 0.05) is 43.6 Å². The predicted octanol–water partition coefficient (Wildman–Crippen LogP) is 6.65. The summed E-state index contributed by atoms with van der Waals surface area (Å²) < 4.78 is 8.21. The van der Waals surface area contributed by atoms with Crippen LogP contribution in [0.25, 0.3) is 0 Å². The van der Waals surface area contributed by atoms with E-state index in [9.17, 15) is 4.79 Å². The number of aliphatic carboxylic acids is 1. The summed E-state index contributed by atoms with van der Waals surface area (Å²) in [6.07, 6.45) is 20.0. The molecular formula is C28H43N3O3. The molecule has 34 heavy (non-hydrogen) atoms. The van der Waals surface area contributed by atoms with Crippen LogP contribution >= 0.6 is 0 Å². The molecule has 0 bridgehead atoms. The fraction of sp³-hybridized carbons (Fsp3) is 0.643. The van der Waals surface area contributed by atoms with Gasteiger partial charge in [-0.1, -0.05) is 64.7 Å². The molecule has 1 atom stereocenters. The Hall–Kier alpha value is -2.50. The number of fused-ring (bicyclic) bond motifs is 1. The maximum Gasteiger partial charge on any atom is 0.305 e. The van der Waals surface area contributed by atoms with Gasteiger partial charge >= 0.3 is 5.97 Å². The van der Waals surface area contributed by atoms with Crippen molar-refractivity contribution in [3.8, 4) is 5.75 Å². The second-order valence-corrected chi connectivity index (χ2v) is 9.63. The number of aryl methyl sites for hydroxylation is 1. The predicted molar refractivity (Wildman–Crippen MR) is 138 cm³/mol. The number of unbranched alkanes of at least 4 members (excludes halogenated alkanes) is 9. The van der Waals surface area contributed by atoms with Gasteiger partial charge in [0.25, 0.3) is 0 Å². The molecule has 1 aliphatic rings. The fourth-order valence-corrected chi connectivity index (χ4v) is 4.89. The number of rotatable bonds is 18. The third-order valence-corrected chi connectivity index (χ3v) is 6.88. The third-order valence-electron chi connectivity index (χ3n) is 6.88. The normalized spacial score (nSPS) is 15.0. The molecule has 2 heterocycles. The molecule has 0 amide bonds. The minimum Gasteiger partial charge on any atom is -0.494 e. The van der Waals surface area contributed by atoms with Crippen LogP contribution in [0.1, 0.15) is 95.5 Å². The molecule has 188 valence electrons. The molecule has 0 radical (unpaired) electrons. The van der Waals surface area contributed by atoms with Crippen molar-refractivity contribution >= 4 is 11.7 Å². The minimum absolute atomic E-state index is 0.157. The van der Waals surface area contributed by atoms with Crippen LogP contribution in [0.3, 0.4) is 0 Å². The highest BCUT2D eigenvalue weighted by Crippen LogP contribution is 2.40. The van der Waals surface area contributed by atoms with E-state index in [0.29, 0.717) is 12.5 Å². The van der Waals surface area contributed by atoms with Crippen molar-refractivity contribution in [1.29, 1.82) is 0 Å². The summed E-state index contributed by atoms with van der Waals surface area (Å²) in [4.78, 5) is 17.5. The summed E-state index contributed by atoms with van der Waals surface area (Å²) in [6, 6.07) is 6.34. The van der Waals surface area contributed by atoms with E-state index in [2.05, 4.69) is 33.5 Å². The first-order chi connectivity index (χ1) is 16.7. The van der Waals surface area contributed by atoms with Crippen LogP contribution < -0.4 is 9.64 Å². The first-order valence-corrected chi connectivity index (χ1v) is 13.4. The molecule has 0 fully saturated rings. The summed E-state index contributed by atoms with van der Waals surface area (Å²) in [5, 5.41) is 9.14. The second-order valence-electron chi connectivity index (χ2n) is 9.63. The van der Waals surface area contributed by atoms with E-state index in [0.717, 1.165) is 44.0 Å². The van der Waals surface area contributed by atoms with E-state index in [-0.39, 0.29) is 6.42 Å². The molecular weight excluding hydrogens is 426 g/mol. The van der Waals surface area contributed by atoms with Gasteiger partial charge in [-0.2, -0.15) is 0 Å². The van der Waals surface area contributed by atoms with Gasteiger partial charge in [-0.3, -0.25) is 4.79 Å². The minimum atomic E-state index is -0.750. The van der Waals surface area contributed by atoms with Gasteiger partial charge in [0.1, 0.15) is 5.75 Å². The van der Waals surface area contributed by atoms with Gasteiger partial charge < -0.3 is 19.3 Å². The monoisotopic (exact) mass is 469 g/mol. The maximum absolute atomic E-state index is 11.1. The SMILES string of the molecule is CCCCCCCCCCCCOc1ccc2c(c1)C(CCn1ccnc1)CN2CCC(=O)O. The van der Waals surface area contributed by atoms with Gasteiger partial charge in [-0.25, -0.2) is 4.98 Å². The zero-order valence-electron chi connectivity index (χ0n) is 21.0. The molecule has 0 saturated heterocycles. The molecule has 1 aliphatic heterocycles. The molecule has 0 aliphatic carbocycles. The van der Waals surface area contributed by atoms with Crippen LogP contribution in [0.15, 0.2) is 36.9 Å². The standard InChI is InChI=1S/C28H43N3O3/c1-2-3-4-5-6-7-8-9-10-11-20-34-25-12-13-27-26(21-25)24(14-17-30-19-16-29-23-30)22-31(27)18-15-28(32)33/h12-13,16,19,21,23-24H,2-11,14-15,17-18,20,22H2,1H3,(H,32,33). The first-order valence-electron chi connectivity index (χ1n) is 13.4. The molecule has 6 heteroatoms. The summed E-state index contributed by atoms with van der Waals surface area (Å²) >= 11 is 0. The maximum atomic E-state index is 11.1. The largest absolute Gasteiger partial charge is 0.494 e. The Bertz CT molecular complexity index is 837. The van der Waals surface area contributed by atoms with Crippen LogP contribution in [-0.2, 0) is 11.3 Å². The Balaban J connectivity index is 1.43. The summed E-state index contributed by atoms with van der Waals surface area (Å²) in [5.41, 5.74) is 2.44. The summed E-state index contributed by atoms with van der Waals surface area (Å²) in [6.45, 7) is 5.34. The average molecular weight is 470 g/mol. The van der Waals surface area contributed by atoms with Crippen molar-refractivity contribution in [2.45, 2.75) is 96.4 Å². The average Bonchev–Trinajstić information content (AvgIpc) is 3.47. The Kier molecular flexibility index (Phi) is 11.3. The topological polar surface area (TPSA) is 67.6 Å². The number of nitrogens with zero attached hydrogens (tertiary/aromatic N) is 3. The van der Waals surface area contributed by atoms with Crippen LogP contribution in [0.5, 0.6) is 5.75 Å². The van der Waals surface area contributed by atoms with E-state index in [4.69, 9.17) is 9.84 Å². The van der Waals surface area contributed by atoms with Gasteiger partial charge in [0.05, 0.1) is 19.4 Å². The Morgan fingerprint density at radius 1 is 1.06 bits per heavy atom. The summed E-state index contributed by atoms with van der Waals surface area (Å²) in [7, 11) is 0. The van der Waals surface area contributed by atoms with Crippen LogP contribution in [0, 0.1) is 0 Å². The summed E-state index contributed by atoms with van der Waals surface area (Å²) in [5.74, 6) is 0.550. The van der Waals surface area contributed by atoms with Crippen molar-refractivity contribution in [3.05, 3.63) is 42.5 Å². The number of carbonyl (C=O) groups is 1. The molecule has 0 spiro atoms. The Labute approximate surface area is 205 Å². The number of benzene rings is 1. The molecule has 0 saturated carbocycles. The number of imidazole rings is 1. The lowest BCUT2D eigenvalue weighted by Gasteiger charge is -2.19. The number of aromatic nitrogens is 2. The smallest absolute Gasteiger partial charge is 0.305 e. The van der Waals surface area contributed by atoms with Crippen molar-refractivity contribution in [2.75, 3.05) is 24.6 Å². The number of carboxylic acid groups (broad SMARTS) is 1. The number of ether oxygens (including phenoxy) is 1. The zero-order chi connectivity index (χ0) is 24.0. The fourth-order valence-electron chi connectivity index (χ4n) is 4.89. The number of hydrogen-bond donors (Lipinski definition) is 1. The van der Waals surface area contributed by atoms with Crippen molar-refractivity contribution in [1.82, 2.24) is 9.55 Å². The van der Waals surface area contributed by atoms with Crippen molar-refractivity contribution in [2.24, 2.45) is 0 Å². The molecule has 1 N–H and O–H groups in total. The molecule has 1 aromatic heterocycles. The lowest BCUT2D eigenvalue weighted by Crippen LogP contribution is -2.25. The zero-order valence-corrected chi connectivity index (χ0v) is 21.0. The number of anilines is 1. The number of hydrogen-bond acceptors (Lipinski definition) is 4. The Morgan fingerprint density at radius 2 is 1.79 bits per heavy atom. The van der Waals surface area contributed by atoms with Crippen molar-refractivity contribution in [3.63, 3.8) is 0 Å². The number of carboxylic acids is 1. The van der Waals surface area contributed by atoms with Gasteiger partial charge in [-0.05, 0) is 36.6 Å². The third kappa shape index (κ3) is 8.69. The molecule has 2 aromatic rings. The van der Waals surface area contributed by atoms with Crippen LogP contribution in [0.2, 0.25) is 0 Å². The second kappa shape index (κ2) is 14.7. The lowest BCUT2D eigenvalue weighted by molar-refractivity contribution is -0.136. The van der Waals surface area contributed by atoms with E-state index in [1.54, 1.807) is 6.20 Å². The van der Waals surface area contributed by atoms with E-state index >= 15 is 0 Å². The van der Waals surface area contributed by atoms with Gasteiger partial charge in [0.2, 0.25) is 0 Å². The first kappa shape index (κ1) is 26.1. The highest BCUT2D eigenvalue weighted by molar-refractivity contribution is 5.69. The van der Waals surface area contributed by atoms with E-state index in [1.165, 1.54) is 63.4 Å². The van der Waals surface area contributed by atoms with Gasteiger partial charge in [0.15, 0.2) is 0 Å². The highest BCUT2D eigenvalue weighted by Gasteiger charge is 2.29. The van der Waals surface area contributed by atoms with Crippen LogP contribution in [0.4, 0.5) is 5.69 Å².